The summed E-state index contributed by atoms with van der Waals surface area (Å²) in [6.07, 6.45) is 0.394. The third-order valence-electron chi connectivity index (χ3n) is 2.65. The molecule has 1 aromatic carbocycles. The highest BCUT2D eigenvalue weighted by molar-refractivity contribution is 5.78. The van der Waals surface area contributed by atoms with Crippen LogP contribution in [0.25, 0.3) is 0 Å². The molecule has 2 rings (SSSR count). The van der Waals surface area contributed by atoms with Crippen molar-refractivity contribution in [2.75, 3.05) is 13.1 Å². The van der Waals surface area contributed by atoms with Crippen LogP contribution in [0.15, 0.2) is 24.3 Å². The van der Waals surface area contributed by atoms with Crippen molar-refractivity contribution in [3.63, 3.8) is 0 Å². The van der Waals surface area contributed by atoms with Gasteiger partial charge in [-0.1, -0.05) is 12.1 Å². The molecule has 3 N–H and O–H groups in total. The molecule has 1 amide bonds. The SMILES string of the molecule is NCCN1NC(=O)CC1c1ccc(F)cc1. The van der Waals surface area contributed by atoms with Crippen LogP contribution in [0.4, 0.5) is 4.39 Å². The van der Waals surface area contributed by atoms with Crippen LogP contribution >= 0.6 is 0 Å². The first-order valence-electron chi connectivity index (χ1n) is 5.22. The Labute approximate surface area is 93.2 Å². The minimum Gasteiger partial charge on any atom is -0.329 e. The Morgan fingerprint density at radius 2 is 2.12 bits per heavy atom. The molecule has 0 spiro atoms. The summed E-state index contributed by atoms with van der Waals surface area (Å²) in [4.78, 5) is 11.3. The van der Waals surface area contributed by atoms with Crippen LogP contribution in [0.3, 0.4) is 0 Å². The molecule has 0 aliphatic carbocycles. The molecular weight excluding hydrogens is 209 g/mol. The molecule has 1 heterocycles. The van der Waals surface area contributed by atoms with Crippen LogP contribution in [0, 0.1) is 5.82 Å². The van der Waals surface area contributed by atoms with Crippen molar-refractivity contribution in [3.05, 3.63) is 35.6 Å². The van der Waals surface area contributed by atoms with Crippen molar-refractivity contribution < 1.29 is 9.18 Å². The number of benzene rings is 1. The number of nitrogens with one attached hydrogen (secondary N) is 1. The van der Waals surface area contributed by atoms with E-state index >= 15 is 0 Å². The fourth-order valence-corrected chi connectivity index (χ4v) is 1.90. The zero-order chi connectivity index (χ0) is 11.5. The second-order valence-corrected chi connectivity index (χ2v) is 3.79. The Kier molecular flexibility index (Phi) is 3.17. The summed E-state index contributed by atoms with van der Waals surface area (Å²) in [6, 6.07) is 6.15. The molecule has 1 fully saturated rings. The second kappa shape index (κ2) is 4.59. The maximum atomic E-state index is 12.8. The predicted molar refractivity (Wildman–Crippen MR) is 57.7 cm³/mol. The van der Waals surface area contributed by atoms with Gasteiger partial charge in [-0.3, -0.25) is 10.2 Å². The van der Waals surface area contributed by atoms with E-state index in [0.29, 0.717) is 19.5 Å². The summed E-state index contributed by atoms with van der Waals surface area (Å²) in [7, 11) is 0. The minimum absolute atomic E-state index is 0.0252. The third-order valence-corrected chi connectivity index (χ3v) is 2.65. The molecule has 4 nitrogen and oxygen atoms in total. The highest BCUT2D eigenvalue weighted by atomic mass is 19.1. The molecule has 5 heteroatoms. The number of rotatable bonds is 3. The van der Waals surface area contributed by atoms with E-state index in [4.69, 9.17) is 5.73 Å². The monoisotopic (exact) mass is 223 g/mol. The van der Waals surface area contributed by atoms with E-state index in [0.717, 1.165) is 5.56 Å². The van der Waals surface area contributed by atoms with Crippen LogP contribution in [-0.2, 0) is 4.79 Å². The van der Waals surface area contributed by atoms with E-state index in [1.54, 1.807) is 17.1 Å². The lowest BCUT2D eigenvalue weighted by Crippen LogP contribution is -2.38. The molecule has 1 aromatic rings. The number of halogens is 1. The van der Waals surface area contributed by atoms with Gasteiger partial charge in [-0.05, 0) is 17.7 Å². The lowest BCUT2D eigenvalue weighted by molar-refractivity contribution is -0.120. The van der Waals surface area contributed by atoms with Gasteiger partial charge >= 0.3 is 0 Å². The van der Waals surface area contributed by atoms with Crippen LogP contribution in [-0.4, -0.2) is 24.0 Å². The average Bonchev–Trinajstić information content (AvgIpc) is 2.61. The number of hydrogen-bond acceptors (Lipinski definition) is 3. The minimum atomic E-state index is -0.272. The fraction of sp³-hybridized carbons (Fsp3) is 0.364. The van der Waals surface area contributed by atoms with E-state index in [9.17, 15) is 9.18 Å². The van der Waals surface area contributed by atoms with E-state index in [-0.39, 0.29) is 17.8 Å². The van der Waals surface area contributed by atoms with Crippen LogP contribution < -0.4 is 11.2 Å². The van der Waals surface area contributed by atoms with Crippen molar-refractivity contribution in [2.45, 2.75) is 12.5 Å². The van der Waals surface area contributed by atoms with E-state index in [1.807, 2.05) is 0 Å². The van der Waals surface area contributed by atoms with Gasteiger partial charge in [-0.25, -0.2) is 9.40 Å². The molecule has 1 aliphatic rings. The molecule has 0 aromatic heterocycles. The summed E-state index contributed by atoms with van der Waals surface area (Å²) in [5.74, 6) is -0.297. The number of carbonyl (C=O) groups excluding carboxylic acids is 1. The van der Waals surface area contributed by atoms with E-state index in [2.05, 4.69) is 5.43 Å². The molecule has 1 aliphatic heterocycles. The fourth-order valence-electron chi connectivity index (χ4n) is 1.90. The average molecular weight is 223 g/mol. The van der Waals surface area contributed by atoms with Crippen LogP contribution in [0.2, 0.25) is 0 Å². The number of hydrogen-bond donors (Lipinski definition) is 2. The second-order valence-electron chi connectivity index (χ2n) is 3.79. The predicted octanol–water partition coefficient (Wildman–Crippen LogP) is 0.562. The largest absolute Gasteiger partial charge is 0.329 e. The molecule has 0 saturated carbocycles. The van der Waals surface area contributed by atoms with E-state index in [1.165, 1.54) is 12.1 Å². The Bertz CT molecular complexity index is 379. The first kappa shape index (κ1) is 11.0. The van der Waals surface area contributed by atoms with Crippen LogP contribution in [0.5, 0.6) is 0 Å². The Morgan fingerprint density at radius 3 is 2.75 bits per heavy atom. The van der Waals surface area contributed by atoms with Crippen molar-refractivity contribution in [2.24, 2.45) is 5.73 Å². The zero-order valence-electron chi connectivity index (χ0n) is 8.82. The Morgan fingerprint density at radius 1 is 1.44 bits per heavy atom. The number of amides is 1. The molecule has 1 unspecified atom stereocenters. The summed E-state index contributed by atoms with van der Waals surface area (Å²) < 4.78 is 12.8. The van der Waals surface area contributed by atoms with Gasteiger partial charge in [-0.15, -0.1) is 0 Å². The van der Waals surface area contributed by atoms with Gasteiger partial charge in [0.25, 0.3) is 0 Å². The molecule has 1 saturated heterocycles. The summed E-state index contributed by atoms with van der Waals surface area (Å²) >= 11 is 0. The van der Waals surface area contributed by atoms with E-state index < -0.39 is 0 Å². The van der Waals surface area contributed by atoms with Gasteiger partial charge in [-0.2, -0.15) is 0 Å². The van der Waals surface area contributed by atoms with Crippen molar-refractivity contribution in [1.82, 2.24) is 10.4 Å². The zero-order valence-corrected chi connectivity index (χ0v) is 8.82. The Hall–Kier alpha value is -1.46. The molecule has 86 valence electrons. The number of nitrogens with zero attached hydrogens (tertiary/aromatic N) is 1. The first-order chi connectivity index (χ1) is 7.70. The Balaban J connectivity index is 2.18. The first-order valence-corrected chi connectivity index (χ1v) is 5.22. The van der Waals surface area contributed by atoms with Gasteiger partial charge in [0.05, 0.1) is 6.04 Å². The molecular formula is C11H14FN3O. The molecule has 0 bridgehead atoms. The summed E-state index contributed by atoms with van der Waals surface area (Å²) in [5, 5.41) is 1.80. The van der Waals surface area contributed by atoms with Crippen molar-refractivity contribution in [3.8, 4) is 0 Å². The molecule has 0 radical (unpaired) electrons. The lowest BCUT2D eigenvalue weighted by atomic mass is 10.0. The molecule has 16 heavy (non-hydrogen) atoms. The standard InChI is InChI=1S/C11H14FN3O/c12-9-3-1-8(2-4-9)10-7-11(16)14-15(10)6-5-13/h1-4,10H,5-7,13H2,(H,14,16). The topological polar surface area (TPSA) is 58.4 Å². The summed E-state index contributed by atoms with van der Waals surface area (Å²) in [5.41, 5.74) is 9.13. The smallest absolute Gasteiger partial charge is 0.236 e. The third kappa shape index (κ3) is 2.20. The van der Waals surface area contributed by atoms with Gasteiger partial charge in [0, 0.05) is 19.5 Å². The molecule has 1 atom stereocenters. The van der Waals surface area contributed by atoms with Crippen LogP contribution in [0.1, 0.15) is 18.0 Å². The maximum Gasteiger partial charge on any atom is 0.236 e. The van der Waals surface area contributed by atoms with Gasteiger partial charge in [0.15, 0.2) is 0 Å². The quantitative estimate of drug-likeness (QED) is 0.787. The highest BCUT2D eigenvalue weighted by Crippen LogP contribution is 2.26. The number of hydrazine groups is 1. The lowest BCUT2D eigenvalue weighted by Gasteiger charge is -2.22. The number of carbonyl (C=O) groups is 1. The van der Waals surface area contributed by atoms with Gasteiger partial charge in [0.2, 0.25) is 5.91 Å². The summed E-state index contributed by atoms with van der Waals surface area (Å²) in [6.45, 7) is 1.06. The van der Waals surface area contributed by atoms with Gasteiger partial charge in [0.1, 0.15) is 5.82 Å². The van der Waals surface area contributed by atoms with Gasteiger partial charge < -0.3 is 5.73 Å². The maximum absolute atomic E-state index is 12.8. The number of nitrogens with two attached hydrogens (primary N) is 1. The highest BCUT2D eigenvalue weighted by Gasteiger charge is 2.30. The normalized spacial score (nSPS) is 21.1. The van der Waals surface area contributed by atoms with Crippen molar-refractivity contribution in [1.29, 1.82) is 0 Å². The van der Waals surface area contributed by atoms with Crippen molar-refractivity contribution >= 4 is 5.91 Å².